The molecule has 1 saturated heterocycles. The maximum absolute atomic E-state index is 12.9. The topological polar surface area (TPSA) is 41.1 Å². The summed E-state index contributed by atoms with van der Waals surface area (Å²) in [5.74, 6) is 2.15. The molecular formula is C18H23FN4. The molecule has 2 heterocycles. The van der Waals surface area contributed by atoms with Gasteiger partial charge in [-0.2, -0.15) is 4.98 Å². The van der Waals surface area contributed by atoms with Gasteiger partial charge in [0.05, 0.1) is 0 Å². The van der Waals surface area contributed by atoms with Crippen molar-refractivity contribution in [1.29, 1.82) is 0 Å². The number of piperidine rings is 1. The molecule has 1 aliphatic heterocycles. The van der Waals surface area contributed by atoms with E-state index in [1.165, 1.54) is 25.0 Å². The molecule has 23 heavy (non-hydrogen) atoms. The zero-order valence-corrected chi connectivity index (χ0v) is 13.5. The van der Waals surface area contributed by atoms with E-state index in [1.54, 1.807) is 0 Å². The van der Waals surface area contributed by atoms with Gasteiger partial charge in [0.2, 0.25) is 5.95 Å². The molecule has 0 bridgehead atoms. The molecule has 0 aliphatic carbocycles. The predicted molar refractivity (Wildman–Crippen MR) is 91.2 cm³/mol. The zero-order valence-electron chi connectivity index (χ0n) is 13.5. The Morgan fingerprint density at radius 3 is 2.87 bits per heavy atom. The largest absolute Gasteiger partial charge is 0.370 e. The van der Waals surface area contributed by atoms with E-state index in [-0.39, 0.29) is 5.82 Å². The van der Waals surface area contributed by atoms with Crippen molar-refractivity contribution in [1.82, 2.24) is 9.97 Å². The normalized spacial score (nSPS) is 18.0. The number of halogens is 1. The van der Waals surface area contributed by atoms with E-state index in [9.17, 15) is 4.39 Å². The van der Waals surface area contributed by atoms with Gasteiger partial charge in [0.1, 0.15) is 11.6 Å². The molecule has 1 atom stereocenters. The summed E-state index contributed by atoms with van der Waals surface area (Å²) in [7, 11) is 0. The van der Waals surface area contributed by atoms with Gasteiger partial charge in [-0.15, -0.1) is 0 Å². The first-order valence-corrected chi connectivity index (χ1v) is 8.27. The van der Waals surface area contributed by atoms with Gasteiger partial charge in [-0.05, 0) is 48.9 Å². The third kappa shape index (κ3) is 4.41. The Bertz CT molecular complexity index is 629. The lowest BCUT2D eigenvalue weighted by molar-refractivity contribution is 0.442. The lowest BCUT2D eigenvalue weighted by atomic mass is 10.0. The minimum absolute atomic E-state index is 0.196. The molecule has 4 nitrogen and oxygen atoms in total. The average molecular weight is 314 g/mol. The van der Waals surface area contributed by atoms with Gasteiger partial charge in [-0.3, -0.25) is 0 Å². The molecule has 0 amide bonds. The van der Waals surface area contributed by atoms with Crippen molar-refractivity contribution in [3.05, 3.63) is 47.9 Å². The minimum atomic E-state index is -0.196. The van der Waals surface area contributed by atoms with Crippen molar-refractivity contribution in [2.75, 3.05) is 29.9 Å². The van der Waals surface area contributed by atoms with Crippen LogP contribution in [0.15, 0.2) is 36.5 Å². The number of aromatic nitrogens is 2. The lowest BCUT2D eigenvalue weighted by Crippen LogP contribution is -2.35. The monoisotopic (exact) mass is 314 g/mol. The molecule has 0 spiro atoms. The van der Waals surface area contributed by atoms with Gasteiger partial charge in [-0.1, -0.05) is 19.1 Å². The van der Waals surface area contributed by atoms with Gasteiger partial charge in [0, 0.05) is 25.8 Å². The number of hydrogen-bond donors (Lipinski definition) is 1. The first-order chi connectivity index (χ1) is 11.2. The summed E-state index contributed by atoms with van der Waals surface area (Å²) in [6.45, 7) is 5.10. The Labute approximate surface area is 136 Å². The second kappa shape index (κ2) is 7.40. The van der Waals surface area contributed by atoms with E-state index in [0.717, 1.165) is 43.4 Å². The van der Waals surface area contributed by atoms with Crippen LogP contribution in [-0.4, -0.2) is 29.6 Å². The van der Waals surface area contributed by atoms with Crippen molar-refractivity contribution < 1.29 is 4.39 Å². The van der Waals surface area contributed by atoms with Crippen LogP contribution in [0.5, 0.6) is 0 Å². The van der Waals surface area contributed by atoms with Crippen molar-refractivity contribution in [2.24, 2.45) is 5.92 Å². The number of nitrogens with zero attached hydrogens (tertiary/aromatic N) is 3. The zero-order chi connectivity index (χ0) is 16.1. The summed E-state index contributed by atoms with van der Waals surface area (Å²) in [6.07, 6.45) is 5.13. The second-order valence-electron chi connectivity index (χ2n) is 6.24. The van der Waals surface area contributed by atoms with Crippen LogP contribution >= 0.6 is 0 Å². The maximum atomic E-state index is 12.9. The van der Waals surface area contributed by atoms with Gasteiger partial charge in [-0.25, -0.2) is 9.37 Å². The van der Waals surface area contributed by atoms with Crippen LogP contribution in [-0.2, 0) is 6.42 Å². The van der Waals surface area contributed by atoms with Crippen molar-refractivity contribution in [2.45, 2.75) is 26.2 Å². The highest BCUT2D eigenvalue weighted by Gasteiger charge is 2.18. The first-order valence-electron chi connectivity index (χ1n) is 8.27. The van der Waals surface area contributed by atoms with Crippen LogP contribution in [0.25, 0.3) is 0 Å². The Balaban J connectivity index is 1.56. The standard InChI is InChI=1S/C18H23FN4/c1-14-3-2-12-23(13-14)18-21-11-9-17(22-18)20-10-8-15-4-6-16(19)7-5-15/h4-7,9,11,14H,2-3,8,10,12-13H2,1H3,(H,20,21,22). The summed E-state index contributed by atoms with van der Waals surface area (Å²) in [5, 5.41) is 3.33. The van der Waals surface area contributed by atoms with Gasteiger partial charge in [0.15, 0.2) is 0 Å². The summed E-state index contributed by atoms with van der Waals surface area (Å²) in [5.41, 5.74) is 1.11. The van der Waals surface area contributed by atoms with Crippen LogP contribution in [0.3, 0.4) is 0 Å². The molecule has 1 aliphatic rings. The fraction of sp³-hybridized carbons (Fsp3) is 0.444. The molecule has 0 radical (unpaired) electrons. The maximum Gasteiger partial charge on any atom is 0.227 e. The van der Waals surface area contributed by atoms with E-state index in [2.05, 4.69) is 27.1 Å². The summed E-state index contributed by atoms with van der Waals surface area (Å²) >= 11 is 0. The molecule has 5 heteroatoms. The van der Waals surface area contributed by atoms with Crippen LogP contribution in [0.1, 0.15) is 25.3 Å². The Morgan fingerprint density at radius 2 is 2.09 bits per heavy atom. The van der Waals surface area contributed by atoms with E-state index in [1.807, 2.05) is 24.4 Å². The van der Waals surface area contributed by atoms with Crippen molar-refractivity contribution in [3.63, 3.8) is 0 Å². The Kier molecular flexibility index (Phi) is 5.05. The minimum Gasteiger partial charge on any atom is -0.370 e. The molecule has 2 aromatic rings. The number of nitrogens with one attached hydrogen (secondary N) is 1. The van der Waals surface area contributed by atoms with E-state index >= 15 is 0 Å². The van der Waals surface area contributed by atoms with Crippen LogP contribution in [0, 0.1) is 11.7 Å². The second-order valence-corrected chi connectivity index (χ2v) is 6.24. The smallest absolute Gasteiger partial charge is 0.227 e. The van der Waals surface area contributed by atoms with Crippen LogP contribution in [0.4, 0.5) is 16.2 Å². The number of hydrogen-bond acceptors (Lipinski definition) is 4. The number of anilines is 2. The molecule has 122 valence electrons. The van der Waals surface area contributed by atoms with Crippen LogP contribution in [0.2, 0.25) is 0 Å². The van der Waals surface area contributed by atoms with E-state index in [4.69, 9.17) is 0 Å². The Hall–Kier alpha value is -2.17. The SMILES string of the molecule is CC1CCCN(c2nccc(NCCc3ccc(F)cc3)n2)C1. The summed E-state index contributed by atoms with van der Waals surface area (Å²) in [6, 6.07) is 8.52. The average Bonchev–Trinajstić information content (AvgIpc) is 2.57. The van der Waals surface area contributed by atoms with Gasteiger partial charge in [0.25, 0.3) is 0 Å². The van der Waals surface area contributed by atoms with Gasteiger partial charge < -0.3 is 10.2 Å². The molecule has 0 saturated carbocycles. The van der Waals surface area contributed by atoms with E-state index in [0.29, 0.717) is 5.92 Å². The summed E-state index contributed by atoms with van der Waals surface area (Å²) in [4.78, 5) is 11.3. The van der Waals surface area contributed by atoms with Crippen LogP contribution < -0.4 is 10.2 Å². The fourth-order valence-electron chi connectivity index (χ4n) is 2.96. The highest BCUT2D eigenvalue weighted by molar-refractivity contribution is 5.41. The number of benzene rings is 1. The highest BCUT2D eigenvalue weighted by Crippen LogP contribution is 2.20. The summed E-state index contributed by atoms with van der Waals surface area (Å²) < 4.78 is 12.9. The molecule has 1 aromatic carbocycles. The highest BCUT2D eigenvalue weighted by atomic mass is 19.1. The lowest BCUT2D eigenvalue weighted by Gasteiger charge is -2.30. The molecule has 1 unspecified atom stereocenters. The third-order valence-electron chi connectivity index (χ3n) is 4.22. The quantitative estimate of drug-likeness (QED) is 0.917. The predicted octanol–water partition coefficient (Wildman–Crippen LogP) is 3.51. The molecule has 1 N–H and O–H groups in total. The molecular weight excluding hydrogens is 291 g/mol. The fourth-order valence-corrected chi connectivity index (χ4v) is 2.96. The van der Waals surface area contributed by atoms with E-state index < -0.39 is 0 Å². The van der Waals surface area contributed by atoms with Crippen molar-refractivity contribution in [3.8, 4) is 0 Å². The molecule has 1 fully saturated rings. The molecule has 3 rings (SSSR count). The van der Waals surface area contributed by atoms with Gasteiger partial charge >= 0.3 is 0 Å². The number of rotatable bonds is 5. The Morgan fingerprint density at radius 1 is 1.26 bits per heavy atom. The molecule has 1 aromatic heterocycles. The third-order valence-corrected chi connectivity index (χ3v) is 4.22. The first kappa shape index (κ1) is 15.7. The van der Waals surface area contributed by atoms with Crippen molar-refractivity contribution >= 4 is 11.8 Å².